The van der Waals surface area contributed by atoms with Crippen LogP contribution in [0, 0.1) is 24.7 Å². The number of amides is 3. The number of benzene rings is 1. The van der Waals surface area contributed by atoms with Crippen molar-refractivity contribution >= 4 is 23.4 Å². The van der Waals surface area contributed by atoms with Crippen LogP contribution >= 0.6 is 0 Å². The zero-order valence-corrected chi connectivity index (χ0v) is 21.9. The number of fused-ring (bicyclic) bond motifs is 1. The predicted octanol–water partition coefficient (Wildman–Crippen LogP) is 4.11. The van der Waals surface area contributed by atoms with Gasteiger partial charge in [-0.3, -0.25) is 14.4 Å². The number of carbonyl (C=O) groups excluding carboxylic acids is 3. The highest BCUT2D eigenvalue weighted by Crippen LogP contribution is 2.56. The van der Waals surface area contributed by atoms with Crippen LogP contribution in [0.25, 0.3) is 0 Å². The van der Waals surface area contributed by atoms with E-state index in [9.17, 15) is 14.4 Å². The Kier molecular flexibility index (Phi) is 6.38. The van der Waals surface area contributed by atoms with Crippen molar-refractivity contribution in [2.75, 3.05) is 5.32 Å². The summed E-state index contributed by atoms with van der Waals surface area (Å²) in [6, 6.07) is 7.06. The first-order valence-electron chi connectivity index (χ1n) is 14.2. The fourth-order valence-corrected chi connectivity index (χ4v) is 7.51. The summed E-state index contributed by atoms with van der Waals surface area (Å²) in [7, 11) is 0. The van der Waals surface area contributed by atoms with Gasteiger partial charge in [0.1, 0.15) is 11.6 Å². The summed E-state index contributed by atoms with van der Waals surface area (Å²) >= 11 is 0. The molecule has 0 radical (unpaired) electrons. The van der Waals surface area contributed by atoms with Crippen molar-refractivity contribution < 1.29 is 19.1 Å². The highest BCUT2D eigenvalue weighted by molar-refractivity contribution is 6.03. The molecule has 5 aliphatic rings. The highest BCUT2D eigenvalue weighted by atomic mass is 16.5. The maximum atomic E-state index is 14.2. The molecule has 1 spiro atoms. The van der Waals surface area contributed by atoms with E-state index in [2.05, 4.69) is 17.6 Å². The van der Waals surface area contributed by atoms with Crippen LogP contribution in [-0.4, -0.2) is 52.5 Å². The minimum Gasteiger partial charge on any atom is -0.359 e. The Hall–Kier alpha value is -2.67. The highest BCUT2D eigenvalue weighted by Gasteiger charge is 2.73. The molecule has 0 aromatic heterocycles. The summed E-state index contributed by atoms with van der Waals surface area (Å²) in [6.07, 6.45) is 12.6. The van der Waals surface area contributed by atoms with Crippen LogP contribution in [0.1, 0.15) is 70.3 Å². The first-order chi connectivity index (χ1) is 17.9. The first-order valence-corrected chi connectivity index (χ1v) is 14.2. The second-order valence-electron chi connectivity index (χ2n) is 12.1. The van der Waals surface area contributed by atoms with Crippen LogP contribution in [0.3, 0.4) is 0 Å². The van der Waals surface area contributed by atoms with E-state index in [1.54, 1.807) is 0 Å². The Balaban J connectivity index is 1.31. The molecule has 1 aromatic carbocycles. The van der Waals surface area contributed by atoms with E-state index >= 15 is 0 Å². The molecule has 2 N–H and O–H groups in total. The lowest BCUT2D eigenvalue weighted by atomic mass is 9.74. The second-order valence-corrected chi connectivity index (χ2v) is 12.1. The third-order valence-corrected chi connectivity index (χ3v) is 9.51. The number of rotatable bonds is 5. The van der Waals surface area contributed by atoms with Crippen molar-refractivity contribution in [3.05, 3.63) is 42.0 Å². The van der Waals surface area contributed by atoms with Gasteiger partial charge in [-0.1, -0.05) is 56.0 Å². The van der Waals surface area contributed by atoms with Gasteiger partial charge in [0.05, 0.1) is 17.9 Å². The number of nitrogens with zero attached hydrogens (tertiary/aromatic N) is 1. The molecule has 7 heteroatoms. The maximum absolute atomic E-state index is 14.2. The van der Waals surface area contributed by atoms with Gasteiger partial charge in [0, 0.05) is 17.8 Å². The van der Waals surface area contributed by atoms with E-state index < -0.39 is 29.6 Å². The molecule has 7 nitrogen and oxygen atoms in total. The van der Waals surface area contributed by atoms with E-state index in [-0.39, 0.29) is 29.8 Å². The number of hydrogen-bond donors (Lipinski definition) is 2. The fourth-order valence-electron chi connectivity index (χ4n) is 7.51. The lowest BCUT2D eigenvalue weighted by Crippen LogP contribution is -2.58. The number of hydrogen-bond acceptors (Lipinski definition) is 4. The van der Waals surface area contributed by atoms with Crippen LogP contribution in [0.5, 0.6) is 0 Å². The molecule has 198 valence electrons. The number of ether oxygens (including phenoxy) is 1. The molecule has 3 amide bonds. The minimum absolute atomic E-state index is 0.00245. The van der Waals surface area contributed by atoms with Crippen molar-refractivity contribution in [1.29, 1.82) is 0 Å². The van der Waals surface area contributed by atoms with Crippen LogP contribution in [-0.2, 0) is 19.1 Å². The smallest absolute Gasteiger partial charge is 0.246 e. The third-order valence-electron chi connectivity index (χ3n) is 9.51. The van der Waals surface area contributed by atoms with Gasteiger partial charge in [0.15, 0.2) is 0 Å². The molecule has 3 aliphatic heterocycles. The van der Waals surface area contributed by atoms with E-state index in [4.69, 9.17) is 4.74 Å². The fraction of sp³-hybridized carbons (Fsp3) is 0.633. The zero-order valence-electron chi connectivity index (χ0n) is 21.9. The molecule has 2 saturated carbocycles. The van der Waals surface area contributed by atoms with E-state index in [0.29, 0.717) is 11.6 Å². The number of likely N-dealkylation sites (tertiary alicyclic amines) is 1. The largest absolute Gasteiger partial charge is 0.359 e. The summed E-state index contributed by atoms with van der Waals surface area (Å²) in [5, 5.41) is 6.30. The monoisotopic (exact) mass is 505 g/mol. The molecule has 2 saturated heterocycles. The van der Waals surface area contributed by atoms with Crippen molar-refractivity contribution in [1.82, 2.24) is 10.2 Å². The van der Waals surface area contributed by atoms with Crippen molar-refractivity contribution in [3.8, 4) is 0 Å². The average Bonchev–Trinajstić information content (AvgIpc) is 3.54. The Bertz CT molecular complexity index is 1090. The standard InChI is InChI=1S/C30H39N3O4/c1-18-8-12-21(13-9-18)31-27(34)24-23-16-17-30(37-23)25(24)29(36)33(22-14-10-19(2)11-15-22)26(30)28(35)32-20-6-4-3-5-7-20/h8-9,12-13,16-17,19-20,22-26H,3-7,10-11,14-15H2,1-2H3,(H,31,34)(H,32,35). The summed E-state index contributed by atoms with van der Waals surface area (Å²) in [4.78, 5) is 43.6. The van der Waals surface area contributed by atoms with Gasteiger partial charge in [-0.05, 0) is 63.5 Å². The molecule has 5 atom stereocenters. The maximum Gasteiger partial charge on any atom is 0.246 e. The van der Waals surface area contributed by atoms with Gasteiger partial charge in [-0.15, -0.1) is 0 Å². The third kappa shape index (κ3) is 4.19. The molecule has 37 heavy (non-hydrogen) atoms. The number of anilines is 1. The molecule has 5 unspecified atom stereocenters. The Morgan fingerprint density at radius 2 is 1.68 bits per heavy atom. The van der Waals surface area contributed by atoms with E-state index in [1.807, 2.05) is 48.2 Å². The quantitative estimate of drug-likeness (QED) is 0.590. The van der Waals surface area contributed by atoms with Crippen LogP contribution < -0.4 is 10.6 Å². The van der Waals surface area contributed by atoms with E-state index in [1.165, 1.54) is 6.42 Å². The molecule has 6 rings (SSSR count). The minimum atomic E-state index is -1.08. The Morgan fingerprint density at radius 3 is 2.38 bits per heavy atom. The van der Waals surface area contributed by atoms with Gasteiger partial charge in [0.25, 0.3) is 0 Å². The van der Waals surface area contributed by atoms with Crippen LogP contribution in [0.2, 0.25) is 0 Å². The summed E-state index contributed by atoms with van der Waals surface area (Å²) in [6.45, 7) is 4.25. The SMILES string of the molecule is Cc1ccc(NC(=O)C2C3C=CC4(O3)C2C(=O)N(C2CCC(C)CC2)C4C(=O)NC2CCCCC2)cc1. The van der Waals surface area contributed by atoms with Gasteiger partial charge < -0.3 is 20.3 Å². The van der Waals surface area contributed by atoms with Crippen molar-refractivity contribution in [2.24, 2.45) is 17.8 Å². The molecule has 2 aliphatic carbocycles. The molecule has 1 aromatic rings. The Morgan fingerprint density at radius 1 is 0.973 bits per heavy atom. The molecule has 3 heterocycles. The van der Waals surface area contributed by atoms with Crippen molar-refractivity contribution in [2.45, 2.75) is 101 Å². The van der Waals surface area contributed by atoms with Gasteiger partial charge in [-0.25, -0.2) is 0 Å². The lowest BCUT2D eigenvalue weighted by Gasteiger charge is -2.40. The normalized spacial score (nSPS) is 37.0. The summed E-state index contributed by atoms with van der Waals surface area (Å²) in [5.74, 6) is -1.15. The lowest BCUT2D eigenvalue weighted by molar-refractivity contribution is -0.145. The van der Waals surface area contributed by atoms with Gasteiger partial charge >= 0.3 is 0 Å². The molecule has 4 fully saturated rings. The Labute approximate surface area is 219 Å². The molecule has 2 bridgehead atoms. The summed E-state index contributed by atoms with van der Waals surface area (Å²) in [5.41, 5.74) is 0.726. The number of carbonyl (C=O) groups is 3. The van der Waals surface area contributed by atoms with E-state index in [0.717, 1.165) is 56.9 Å². The van der Waals surface area contributed by atoms with Crippen molar-refractivity contribution in [3.63, 3.8) is 0 Å². The zero-order chi connectivity index (χ0) is 25.7. The topological polar surface area (TPSA) is 87.7 Å². The van der Waals surface area contributed by atoms with Crippen LogP contribution in [0.4, 0.5) is 5.69 Å². The molecular formula is C30H39N3O4. The van der Waals surface area contributed by atoms with Gasteiger partial charge in [0.2, 0.25) is 17.7 Å². The molecular weight excluding hydrogens is 466 g/mol. The average molecular weight is 506 g/mol. The predicted molar refractivity (Wildman–Crippen MR) is 141 cm³/mol. The van der Waals surface area contributed by atoms with Gasteiger partial charge in [-0.2, -0.15) is 0 Å². The number of aryl methyl sites for hydroxylation is 1. The number of nitrogens with one attached hydrogen (secondary N) is 2. The van der Waals surface area contributed by atoms with Crippen LogP contribution in [0.15, 0.2) is 36.4 Å². The summed E-state index contributed by atoms with van der Waals surface area (Å²) < 4.78 is 6.51. The first kappa shape index (κ1) is 24.7. The second kappa shape index (κ2) is 9.57.